The van der Waals surface area contributed by atoms with Gasteiger partial charge in [-0.2, -0.15) is 0 Å². The summed E-state index contributed by atoms with van der Waals surface area (Å²) in [6, 6.07) is 0. The molecule has 0 aliphatic carbocycles. The Morgan fingerprint density at radius 2 is 0.493 bits per heavy atom. The largest absolute Gasteiger partial charge is 0.317 e. The molecule has 0 aromatic rings. The predicted molar refractivity (Wildman–Crippen MR) is 324 cm³/mol. The van der Waals surface area contributed by atoms with Crippen LogP contribution in [0.1, 0.15) is 376 Å². The standard InChI is InChI=1S/C33H61N.C23H48.C12H26/c1-4-6-8-10-12-13-14-15-16-17-18-20-23-27-31-34-32-28-24-22-26-30-33(3)29-25-21-19-11-9-7-5-2;1-3-5-7-9-11-13-15-17-19-21-23-22-20-18-16-14-12-10-8-6-4-2;1-3-5-7-9-11-12-10-8-6-4-2/h10,12,14-15,19,21,29,34H,4-9,11,13,16-18,20,22-28,30-32H2,1-3H3;3-23H2,1-2H3;3-12H2,1-2H3/b12-10-,15-14-,21-19-,33-29?;;. The first-order valence-corrected chi connectivity index (χ1v) is 32.4. The second-order valence-corrected chi connectivity index (χ2v) is 21.6. The van der Waals surface area contributed by atoms with E-state index in [1.165, 1.54) is 328 Å². The molecule has 0 aromatic heterocycles. The van der Waals surface area contributed by atoms with E-state index in [9.17, 15) is 0 Å². The summed E-state index contributed by atoms with van der Waals surface area (Å²) < 4.78 is 0. The highest BCUT2D eigenvalue weighted by Crippen LogP contribution is 2.16. The van der Waals surface area contributed by atoms with E-state index in [1.54, 1.807) is 5.57 Å². The first-order chi connectivity index (χ1) is 34.1. The van der Waals surface area contributed by atoms with Crippen LogP contribution in [-0.4, -0.2) is 13.1 Å². The average Bonchev–Trinajstić information content (AvgIpc) is 3.36. The van der Waals surface area contributed by atoms with Crippen molar-refractivity contribution < 1.29 is 0 Å². The van der Waals surface area contributed by atoms with Crippen LogP contribution in [0.2, 0.25) is 0 Å². The average molecular weight is 967 g/mol. The number of hydrogen-bond donors (Lipinski definition) is 1. The lowest BCUT2D eigenvalue weighted by molar-refractivity contribution is 0.521. The third-order valence-electron chi connectivity index (χ3n) is 14.1. The molecule has 1 heteroatoms. The Kier molecular flexibility index (Phi) is 76.8. The lowest BCUT2D eigenvalue weighted by Gasteiger charge is -2.05. The maximum atomic E-state index is 3.64. The summed E-state index contributed by atoms with van der Waals surface area (Å²) in [7, 11) is 0. The Balaban J connectivity index is -0.00000107. The zero-order chi connectivity index (χ0) is 50.7. The summed E-state index contributed by atoms with van der Waals surface area (Å²) in [6.07, 6.45) is 88.1. The van der Waals surface area contributed by atoms with Crippen molar-refractivity contribution in [1.82, 2.24) is 5.32 Å². The van der Waals surface area contributed by atoms with E-state index in [0.717, 1.165) is 12.8 Å². The van der Waals surface area contributed by atoms with E-state index in [4.69, 9.17) is 0 Å². The summed E-state index contributed by atoms with van der Waals surface area (Å²) in [5.41, 5.74) is 1.57. The van der Waals surface area contributed by atoms with Crippen LogP contribution in [0, 0.1) is 0 Å². The second kappa shape index (κ2) is 73.5. The van der Waals surface area contributed by atoms with Gasteiger partial charge in [0.2, 0.25) is 0 Å². The highest BCUT2D eigenvalue weighted by atomic mass is 14.8. The van der Waals surface area contributed by atoms with E-state index < -0.39 is 0 Å². The van der Waals surface area contributed by atoms with E-state index in [-0.39, 0.29) is 0 Å². The van der Waals surface area contributed by atoms with Gasteiger partial charge in [0.25, 0.3) is 0 Å². The Bertz CT molecular complexity index is 925. The maximum Gasteiger partial charge on any atom is -0.00489 e. The van der Waals surface area contributed by atoms with Gasteiger partial charge in [-0.3, -0.25) is 0 Å². The van der Waals surface area contributed by atoms with Crippen molar-refractivity contribution in [3.05, 3.63) is 48.1 Å². The highest BCUT2D eigenvalue weighted by molar-refractivity contribution is 5.02. The number of unbranched alkanes of at least 4 members (excludes halogenated alkanes) is 42. The smallest absolute Gasteiger partial charge is 0.00489 e. The molecule has 0 saturated heterocycles. The van der Waals surface area contributed by atoms with Crippen LogP contribution in [0.3, 0.4) is 0 Å². The zero-order valence-electron chi connectivity index (χ0n) is 49.5. The number of allylic oxidation sites excluding steroid dienone is 8. The summed E-state index contributed by atoms with van der Waals surface area (Å²) in [4.78, 5) is 0. The summed E-state index contributed by atoms with van der Waals surface area (Å²) in [5, 5.41) is 3.64. The van der Waals surface area contributed by atoms with Crippen LogP contribution in [0.5, 0.6) is 0 Å². The molecule has 0 amide bonds. The van der Waals surface area contributed by atoms with Crippen molar-refractivity contribution in [3.8, 4) is 0 Å². The van der Waals surface area contributed by atoms with Gasteiger partial charge >= 0.3 is 0 Å². The number of hydrogen-bond acceptors (Lipinski definition) is 1. The summed E-state index contributed by atoms with van der Waals surface area (Å²) in [6.45, 7) is 18.4. The molecule has 0 unspecified atom stereocenters. The molecule has 0 aromatic carbocycles. The molecule has 0 atom stereocenters. The van der Waals surface area contributed by atoms with Gasteiger partial charge in [0.1, 0.15) is 0 Å². The Labute approximate surface area is 440 Å². The Hall–Kier alpha value is -1.08. The zero-order valence-corrected chi connectivity index (χ0v) is 49.5. The van der Waals surface area contributed by atoms with Crippen LogP contribution in [0.15, 0.2) is 48.1 Å². The first kappa shape index (κ1) is 72.2. The fraction of sp³-hybridized carbons (Fsp3) is 0.882. The predicted octanol–water partition coefficient (Wildman–Crippen LogP) is 25.2. The molecule has 0 spiro atoms. The van der Waals surface area contributed by atoms with E-state index >= 15 is 0 Å². The molecule has 0 aliphatic heterocycles. The Morgan fingerprint density at radius 3 is 0.841 bits per heavy atom. The fourth-order valence-corrected chi connectivity index (χ4v) is 9.17. The molecule has 0 bridgehead atoms. The van der Waals surface area contributed by atoms with E-state index in [1.807, 2.05) is 0 Å². The number of rotatable bonds is 55. The molecule has 1 N–H and O–H groups in total. The molecule has 0 rings (SSSR count). The van der Waals surface area contributed by atoms with Gasteiger partial charge in [0.15, 0.2) is 0 Å². The van der Waals surface area contributed by atoms with Crippen LogP contribution in [-0.2, 0) is 0 Å². The Morgan fingerprint density at radius 1 is 0.246 bits per heavy atom. The summed E-state index contributed by atoms with van der Waals surface area (Å²) in [5.74, 6) is 0. The van der Waals surface area contributed by atoms with Gasteiger partial charge in [-0.05, 0) is 90.6 Å². The van der Waals surface area contributed by atoms with Crippen molar-refractivity contribution in [2.45, 2.75) is 376 Å². The minimum atomic E-state index is 1.11. The van der Waals surface area contributed by atoms with Gasteiger partial charge in [-0.25, -0.2) is 0 Å². The monoisotopic (exact) mass is 966 g/mol. The molecule has 0 saturated carbocycles. The molecule has 69 heavy (non-hydrogen) atoms. The minimum absolute atomic E-state index is 1.11. The molecular weight excluding hydrogens is 831 g/mol. The quantitative estimate of drug-likeness (QED) is 0.0473. The molecule has 1 nitrogen and oxygen atoms in total. The van der Waals surface area contributed by atoms with Crippen molar-refractivity contribution in [2.24, 2.45) is 0 Å². The normalized spacial score (nSPS) is 11.8. The van der Waals surface area contributed by atoms with E-state index in [0.29, 0.717) is 0 Å². The van der Waals surface area contributed by atoms with Crippen molar-refractivity contribution in [3.63, 3.8) is 0 Å². The third kappa shape index (κ3) is 78.6. The van der Waals surface area contributed by atoms with Crippen molar-refractivity contribution in [2.75, 3.05) is 13.1 Å². The summed E-state index contributed by atoms with van der Waals surface area (Å²) >= 11 is 0. The molecule has 412 valence electrons. The second-order valence-electron chi connectivity index (χ2n) is 21.6. The molecule has 0 heterocycles. The van der Waals surface area contributed by atoms with Gasteiger partial charge in [0, 0.05) is 0 Å². The van der Waals surface area contributed by atoms with Crippen molar-refractivity contribution in [1.29, 1.82) is 0 Å². The maximum absolute atomic E-state index is 3.64. The first-order valence-electron chi connectivity index (χ1n) is 32.4. The molecular formula is C68H135N. The molecule has 0 aliphatic rings. The van der Waals surface area contributed by atoms with E-state index in [2.05, 4.69) is 96.3 Å². The number of nitrogens with one attached hydrogen (secondary N) is 1. The van der Waals surface area contributed by atoms with Crippen LogP contribution < -0.4 is 5.32 Å². The SMILES string of the molecule is CCCC/C=C\C/C=C\CCCCCCCNCCCCCCC(C)=CC/C=C\CCCCC.CCCCCCCCCCCC.CCCCCCCCCCCCCCCCCCCCCCC. The van der Waals surface area contributed by atoms with Crippen LogP contribution in [0.4, 0.5) is 0 Å². The van der Waals surface area contributed by atoms with Gasteiger partial charge in [0.05, 0.1) is 0 Å². The highest BCUT2D eigenvalue weighted by Gasteiger charge is 1.97. The topological polar surface area (TPSA) is 12.0 Å². The molecule has 0 radical (unpaired) electrons. The minimum Gasteiger partial charge on any atom is -0.317 e. The lowest BCUT2D eigenvalue weighted by atomic mass is 10.0. The van der Waals surface area contributed by atoms with Gasteiger partial charge < -0.3 is 5.32 Å². The third-order valence-corrected chi connectivity index (χ3v) is 14.1. The van der Waals surface area contributed by atoms with Gasteiger partial charge in [-0.1, -0.05) is 346 Å². The van der Waals surface area contributed by atoms with Crippen LogP contribution in [0.25, 0.3) is 0 Å². The van der Waals surface area contributed by atoms with Gasteiger partial charge in [-0.15, -0.1) is 0 Å². The lowest BCUT2D eigenvalue weighted by Crippen LogP contribution is -2.16. The van der Waals surface area contributed by atoms with Crippen molar-refractivity contribution >= 4 is 0 Å². The fourth-order valence-electron chi connectivity index (χ4n) is 9.17. The molecule has 0 fully saturated rings. The van der Waals surface area contributed by atoms with Crippen LogP contribution >= 0.6 is 0 Å².